The molecule has 238 valence electrons. The van der Waals surface area contributed by atoms with Gasteiger partial charge in [-0.1, -0.05) is 127 Å². The van der Waals surface area contributed by atoms with E-state index in [1.54, 1.807) is 0 Å². The van der Waals surface area contributed by atoms with Crippen LogP contribution in [0.4, 0.5) is 0 Å². The Morgan fingerprint density at radius 2 is 1.30 bits per heavy atom. The molecule has 0 saturated carbocycles. The van der Waals surface area contributed by atoms with Gasteiger partial charge in [-0.15, -0.1) is 11.3 Å². The molecule has 0 unspecified atom stereocenters. The highest BCUT2D eigenvalue weighted by atomic mass is 32.1. The van der Waals surface area contributed by atoms with Crippen molar-refractivity contribution in [3.63, 3.8) is 0 Å². The zero-order valence-corrected chi connectivity index (χ0v) is 28.1. The number of aryl methyl sites for hydroxylation is 1. The van der Waals surface area contributed by atoms with E-state index in [1.807, 2.05) is 47.7 Å². The van der Waals surface area contributed by atoms with E-state index >= 15 is 0 Å². The Kier molecular flexibility index (Phi) is 6.84. The van der Waals surface area contributed by atoms with Crippen molar-refractivity contribution >= 4 is 61.0 Å². The maximum atomic E-state index is 5.14. The van der Waals surface area contributed by atoms with Gasteiger partial charge in [-0.25, -0.2) is 9.98 Å². The maximum Gasteiger partial charge on any atom is 0.169 e. The minimum atomic E-state index is -0.395. The second kappa shape index (κ2) is 11.8. The summed E-state index contributed by atoms with van der Waals surface area (Å²) in [4.78, 5) is 11.8. The van der Waals surface area contributed by atoms with Crippen LogP contribution in [0, 0.1) is 0 Å². The van der Waals surface area contributed by atoms with Gasteiger partial charge in [0.2, 0.25) is 0 Å². The normalized spacial score (nSPS) is 14.5. The van der Waals surface area contributed by atoms with E-state index in [1.165, 1.54) is 53.5 Å². The van der Waals surface area contributed by atoms with Gasteiger partial charge >= 0.3 is 0 Å². The molecular formula is C45H32N4S. The summed E-state index contributed by atoms with van der Waals surface area (Å²) < 4.78 is 3.77. The molecule has 1 N–H and O–H groups in total. The average molecular weight is 661 g/mol. The predicted octanol–water partition coefficient (Wildman–Crippen LogP) is 11.1. The number of nitrogens with one attached hydrogen (secondary N) is 1. The molecule has 6 aromatic carbocycles. The number of amidine groups is 2. The Hall–Kier alpha value is -6.04. The number of benzene rings is 6. The first-order chi connectivity index (χ1) is 24.8. The molecule has 0 amide bonds. The molecule has 1 aliphatic carbocycles. The van der Waals surface area contributed by atoms with Gasteiger partial charge in [0.25, 0.3) is 0 Å². The van der Waals surface area contributed by atoms with Crippen molar-refractivity contribution in [1.29, 1.82) is 0 Å². The van der Waals surface area contributed by atoms with Crippen molar-refractivity contribution in [2.75, 3.05) is 0 Å². The molecule has 1 aliphatic heterocycles. The summed E-state index contributed by atoms with van der Waals surface area (Å²) in [6.45, 7) is 0. The first-order valence-electron chi connectivity index (χ1n) is 17.2. The summed E-state index contributed by atoms with van der Waals surface area (Å²) in [7, 11) is 0. The van der Waals surface area contributed by atoms with E-state index in [4.69, 9.17) is 9.98 Å². The Morgan fingerprint density at radius 1 is 0.600 bits per heavy atom. The van der Waals surface area contributed by atoms with E-state index in [0.717, 1.165) is 46.9 Å². The van der Waals surface area contributed by atoms with Gasteiger partial charge in [0.15, 0.2) is 6.17 Å². The third-order valence-corrected chi connectivity index (χ3v) is 11.2. The van der Waals surface area contributed by atoms with Crippen LogP contribution in [0.1, 0.15) is 39.7 Å². The van der Waals surface area contributed by atoms with Crippen molar-refractivity contribution in [3.05, 3.63) is 179 Å². The Labute approximate surface area is 294 Å². The molecule has 2 aliphatic rings. The lowest BCUT2D eigenvalue weighted by Gasteiger charge is -2.22. The number of rotatable bonds is 5. The van der Waals surface area contributed by atoms with Crippen LogP contribution in [0.3, 0.4) is 0 Å². The van der Waals surface area contributed by atoms with Gasteiger partial charge in [0.1, 0.15) is 11.7 Å². The topological polar surface area (TPSA) is 41.7 Å². The van der Waals surface area contributed by atoms with E-state index in [2.05, 4.69) is 131 Å². The molecule has 0 radical (unpaired) electrons. The zero-order chi connectivity index (χ0) is 33.0. The molecule has 10 rings (SSSR count). The molecule has 3 heterocycles. The number of aliphatic imine (C=N–C) groups is 2. The lowest BCUT2D eigenvalue weighted by atomic mass is 9.98. The highest BCUT2D eigenvalue weighted by molar-refractivity contribution is 7.20. The smallest absolute Gasteiger partial charge is 0.169 e. The van der Waals surface area contributed by atoms with Gasteiger partial charge in [0, 0.05) is 48.1 Å². The van der Waals surface area contributed by atoms with Crippen LogP contribution in [0.25, 0.3) is 54.8 Å². The molecule has 0 bridgehead atoms. The standard InChI is InChI=1S/C45H32N4S/c1-3-13-29(14-4-1)43-46-44(30-15-5-2-6-16-30)48-45(47-43)32-17-11-18-33(27-32)49-39-23-9-7-19-35(39)38-28-31(25-26-40(38)49)34-21-12-22-37-36-20-8-10-24-41(36)50-42(34)37/h1-9,11-23,25-28,45H,10,24H2,(H,46,47,48). The number of thiophene rings is 1. The predicted molar refractivity (Wildman–Crippen MR) is 211 cm³/mol. The Morgan fingerprint density at radius 3 is 2.10 bits per heavy atom. The third-order valence-electron chi connectivity index (χ3n) is 9.90. The van der Waals surface area contributed by atoms with Crippen molar-refractivity contribution < 1.29 is 0 Å². The molecule has 0 atom stereocenters. The van der Waals surface area contributed by atoms with Crippen LogP contribution >= 0.6 is 11.3 Å². The second-order valence-corrected chi connectivity index (χ2v) is 14.0. The Balaban J connectivity index is 1.11. The van der Waals surface area contributed by atoms with Crippen LogP contribution in [-0.4, -0.2) is 16.2 Å². The SMILES string of the molecule is C1=Cc2c(sc3c(-c4ccc5c(c4)c4ccccc4n5-c4cccc(C5N=C(c6ccccc6)NC(c6ccccc6)=N5)c4)cccc23)CC1. The molecule has 0 spiro atoms. The van der Waals surface area contributed by atoms with Crippen molar-refractivity contribution in [2.45, 2.75) is 19.0 Å². The Bertz CT molecular complexity index is 2620. The number of para-hydroxylation sites is 1. The molecule has 5 heteroatoms. The number of aromatic nitrogens is 1. The van der Waals surface area contributed by atoms with Crippen LogP contribution in [0.2, 0.25) is 0 Å². The third kappa shape index (κ3) is 4.81. The number of hydrogen-bond acceptors (Lipinski definition) is 4. The van der Waals surface area contributed by atoms with E-state index in [-0.39, 0.29) is 0 Å². The minimum absolute atomic E-state index is 0.395. The van der Waals surface area contributed by atoms with E-state index in [9.17, 15) is 0 Å². The molecular weight excluding hydrogens is 629 g/mol. The maximum absolute atomic E-state index is 5.14. The minimum Gasteiger partial charge on any atom is -0.324 e. The number of nitrogens with zero attached hydrogens (tertiary/aromatic N) is 3. The highest BCUT2D eigenvalue weighted by Gasteiger charge is 2.22. The van der Waals surface area contributed by atoms with Crippen molar-refractivity contribution in [2.24, 2.45) is 9.98 Å². The quantitative estimate of drug-likeness (QED) is 0.196. The fraction of sp³-hybridized carbons (Fsp3) is 0.0667. The average Bonchev–Trinajstić information content (AvgIpc) is 3.74. The van der Waals surface area contributed by atoms with Crippen LogP contribution < -0.4 is 5.32 Å². The molecule has 0 saturated heterocycles. The largest absolute Gasteiger partial charge is 0.324 e. The second-order valence-electron chi connectivity index (χ2n) is 12.9. The summed E-state index contributed by atoms with van der Waals surface area (Å²) >= 11 is 1.96. The molecule has 8 aromatic rings. The summed E-state index contributed by atoms with van der Waals surface area (Å²) in [5, 5.41) is 7.37. The van der Waals surface area contributed by atoms with E-state index in [0.29, 0.717) is 0 Å². The molecule has 2 aromatic heterocycles. The van der Waals surface area contributed by atoms with Gasteiger partial charge < -0.3 is 9.88 Å². The molecule has 0 fully saturated rings. The van der Waals surface area contributed by atoms with Gasteiger partial charge in [-0.05, 0) is 59.9 Å². The van der Waals surface area contributed by atoms with Gasteiger partial charge in [0.05, 0.1) is 11.0 Å². The van der Waals surface area contributed by atoms with E-state index < -0.39 is 6.17 Å². The van der Waals surface area contributed by atoms with Crippen molar-refractivity contribution in [3.8, 4) is 16.8 Å². The fourth-order valence-corrected chi connectivity index (χ4v) is 8.86. The summed E-state index contributed by atoms with van der Waals surface area (Å²) in [6, 6.07) is 51.8. The first-order valence-corrected chi connectivity index (χ1v) is 18.0. The van der Waals surface area contributed by atoms with Crippen molar-refractivity contribution in [1.82, 2.24) is 9.88 Å². The van der Waals surface area contributed by atoms with Crippen LogP contribution in [-0.2, 0) is 6.42 Å². The number of hydrogen-bond donors (Lipinski definition) is 1. The summed E-state index contributed by atoms with van der Waals surface area (Å²) in [5.74, 6) is 1.63. The highest BCUT2D eigenvalue weighted by Crippen LogP contribution is 2.42. The van der Waals surface area contributed by atoms with Gasteiger partial charge in [-0.3, -0.25) is 0 Å². The van der Waals surface area contributed by atoms with Crippen LogP contribution in [0.15, 0.2) is 162 Å². The lowest BCUT2D eigenvalue weighted by Crippen LogP contribution is -2.36. The molecule has 50 heavy (non-hydrogen) atoms. The number of fused-ring (bicyclic) bond motifs is 6. The van der Waals surface area contributed by atoms with Crippen LogP contribution in [0.5, 0.6) is 0 Å². The lowest BCUT2D eigenvalue weighted by molar-refractivity contribution is 0.755. The monoisotopic (exact) mass is 660 g/mol. The summed E-state index contributed by atoms with van der Waals surface area (Å²) in [6.07, 6.45) is 6.49. The first kappa shape index (κ1) is 28.9. The zero-order valence-electron chi connectivity index (χ0n) is 27.3. The fourth-order valence-electron chi connectivity index (χ4n) is 7.53. The summed E-state index contributed by atoms with van der Waals surface area (Å²) in [5.41, 5.74) is 10.5. The number of allylic oxidation sites excluding steroid dienone is 1. The van der Waals surface area contributed by atoms with Gasteiger partial charge in [-0.2, -0.15) is 0 Å². The molecule has 4 nitrogen and oxygen atoms in total.